The molecule has 4 rings (SSSR count). The van der Waals surface area contributed by atoms with Crippen LogP contribution in [0.4, 0.5) is 4.39 Å². The SMILES string of the molecule is Fc1cncc(CCc2ncc(Cc3c[nH]c4ncc(Cl)cc34)cn2)c1. The Balaban J connectivity index is 1.44. The number of aromatic amines is 1. The predicted molar refractivity (Wildman–Crippen MR) is 97.5 cm³/mol. The van der Waals surface area contributed by atoms with Crippen LogP contribution in [0.15, 0.2) is 49.3 Å². The number of nitrogens with zero attached hydrogens (tertiary/aromatic N) is 4. The molecular weight excluding hydrogens is 353 g/mol. The van der Waals surface area contributed by atoms with Gasteiger partial charge in [-0.2, -0.15) is 0 Å². The van der Waals surface area contributed by atoms with Gasteiger partial charge in [0.05, 0.1) is 11.2 Å². The summed E-state index contributed by atoms with van der Waals surface area (Å²) in [5.74, 6) is 0.397. The van der Waals surface area contributed by atoms with Crippen molar-refractivity contribution in [3.63, 3.8) is 0 Å². The third-order valence-electron chi connectivity index (χ3n) is 4.14. The minimum absolute atomic E-state index is 0.327. The molecule has 0 aliphatic rings. The quantitative estimate of drug-likeness (QED) is 0.580. The third-order valence-corrected chi connectivity index (χ3v) is 4.34. The van der Waals surface area contributed by atoms with Gasteiger partial charge in [0.25, 0.3) is 0 Å². The fourth-order valence-corrected chi connectivity index (χ4v) is 3.01. The molecule has 0 aromatic carbocycles. The van der Waals surface area contributed by atoms with Gasteiger partial charge in [0.15, 0.2) is 0 Å². The number of hydrogen-bond donors (Lipinski definition) is 1. The van der Waals surface area contributed by atoms with E-state index >= 15 is 0 Å². The predicted octanol–water partition coefficient (Wildman–Crippen LogP) is 3.92. The lowest BCUT2D eigenvalue weighted by atomic mass is 10.1. The largest absolute Gasteiger partial charge is 0.346 e. The van der Waals surface area contributed by atoms with Gasteiger partial charge in [0.1, 0.15) is 17.3 Å². The van der Waals surface area contributed by atoms with Crippen LogP contribution < -0.4 is 0 Å². The van der Waals surface area contributed by atoms with Crippen LogP contribution in [0, 0.1) is 5.82 Å². The Labute approximate surface area is 154 Å². The lowest BCUT2D eigenvalue weighted by Gasteiger charge is -2.03. The first-order valence-corrected chi connectivity index (χ1v) is 8.56. The molecule has 0 radical (unpaired) electrons. The van der Waals surface area contributed by atoms with Crippen molar-refractivity contribution in [2.75, 3.05) is 0 Å². The molecular formula is C19H15ClFN5. The summed E-state index contributed by atoms with van der Waals surface area (Å²) in [4.78, 5) is 20.1. The van der Waals surface area contributed by atoms with E-state index < -0.39 is 0 Å². The van der Waals surface area contributed by atoms with E-state index in [9.17, 15) is 4.39 Å². The van der Waals surface area contributed by atoms with Crippen molar-refractivity contribution in [2.24, 2.45) is 0 Å². The summed E-state index contributed by atoms with van der Waals surface area (Å²) in [5, 5.41) is 1.61. The molecule has 4 aromatic heterocycles. The van der Waals surface area contributed by atoms with Gasteiger partial charge in [-0.25, -0.2) is 19.3 Å². The molecule has 5 nitrogen and oxygen atoms in total. The highest BCUT2D eigenvalue weighted by Gasteiger charge is 2.08. The van der Waals surface area contributed by atoms with Crippen LogP contribution in [0.2, 0.25) is 5.02 Å². The molecule has 4 heterocycles. The van der Waals surface area contributed by atoms with E-state index in [1.54, 1.807) is 12.4 Å². The van der Waals surface area contributed by atoms with Gasteiger partial charge in [-0.3, -0.25) is 4.98 Å². The first-order chi connectivity index (χ1) is 12.7. The van der Waals surface area contributed by atoms with Gasteiger partial charge in [0, 0.05) is 49.2 Å². The Kier molecular flexibility index (Phi) is 4.58. The summed E-state index contributed by atoms with van der Waals surface area (Å²) in [6.45, 7) is 0. The minimum Gasteiger partial charge on any atom is -0.346 e. The van der Waals surface area contributed by atoms with Crippen LogP contribution >= 0.6 is 11.6 Å². The number of nitrogens with one attached hydrogen (secondary N) is 1. The van der Waals surface area contributed by atoms with Crippen molar-refractivity contribution in [3.8, 4) is 0 Å². The minimum atomic E-state index is -0.327. The number of fused-ring (bicyclic) bond motifs is 1. The highest BCUT2D eigenvalue weighted by Crippen LogP contribution is 2.22. The van der Waals surface area contributed by atoms with E-state index in [0.717, 1.165) is 33.5 Å². The molecule has 0 fully saturated rings. The Hall–Kier alpha value is -2.86. The molecule has 0 aliphatic heterocycles. The summed E-state index contributed by atoms with van der Waals surface area (Å²) in [5.41, 5.74) is 3.74. The standard InChI is InChI=1S/C19H15ClFN5/c20-15-5-17-14(9-25-19(17)26-10-15)3-13-7-23-18(24-8-13)2-1-12-4-16(21)11-22-6-12/h4-11H,1-3H2,(H,25,26). The molecule has 7 heteroatoms. The van der Waals surface area contributed by atoms with Gasteiger partial charge < -0.3 is 4.98 Å². The summed E-state index contributed by atoms with van der Waals surface area (Å²) in [6, 6.07) is 3.38. The van der Waals surface area contributed by atoms with E-state index in [1.807, 2.05) is 24.7 Å². The fourth-order valence-electron chi connectivity index (χ4n) is 2.85. The second-order valence-electron chi connectivity index (χ2n) is 6.06. The molecule has 0 amide bonds. The van der Waals surface area contributed by atoms with Gasteiger partial charge >= 0.3 is 0 Å². The smallest absolute Gasteiger partial charge is 0.141 e. The number of rotatable bonds is 5. The number of halogens is 2. The molecule has 130 valence electrons. The van der Waals surface area contributed by atoms with Gasteiger partial charge in [0.2, 0.25) is 0 Å². The zero-order valence-corrected chi connectivity index (χ0v) is 14.5. The average Bonchev–Trinajstić information content (AvgIpc) is 3.03. The topological polar surface area (TPSA) is 67.3 Å². The van der Waals surface area contributed by atoms with Crippen molar-refractivity contribution in [1.82, 2.24) is 24.9 Å². The number of hydrogen-bond acceptors (Lipinski definition) is 4. The number of aromatic nitrogens is 5. The molecule has 26 heavy (non-hydrogen) atoms. The van der Waals surface area contributed by atoms with E-state index in [2.05, 4.69) is 24.9 Å². The van der Waals surface area contributed by atoms with E-state index in [-0.39, 0.29) is 5.82 Å². The van der Waals surface area contributed by atoms with Gasteiger partial charge in [-0.15, -0.1) is 0 Å². The van der Waals surface area contributed by atoms with Crippen LogP contribution in [0.25, 0.3) is 11.0 Å². The summed E-state index contributed by atoms with van der Waals surface area (Å²) in [6.07, 6.45) is 12.0. The van der Waals surface area contributed by atoms with Gasteiger partial charge in [-0.05, 0) is 35.2 Å². The maximum Gasteiger partial charge on any atom is 0.141 e. The Morgan fingerprint density at radius 1 is 0.923 bits per heavy atom. The summed E-state index contributed by atoms with van der Waals surface area (Å²) >= 11 is 6.04. The van der Waals surface area contributed by atoms with Crippen molar-refractivity contribution >= 4 is 22.6 Å². The highest BCUT2D eigenvalue weighted by atomic mass is 35.5. The lowest BCUT2D eigenvalue weighted by molar-refractivity contribution is 0.618. The molecule has 1 N–H and O–H groups in total. The normalized spacial score (nSPS) is 11.2. The number of H-pyrrole nitrogens is 1. The van der Waals surface area contributed by atoms with Gasteiger partial charge in [-0.1, -0.05) is 11.6 Å². The first kappa shape index (κ1) is 16.6. The monoisotopic (exact) mass is 367 g/mol. The van der Waals surface area contributed by atoms with Crippen LogP contribution in [-0.4, -0.2) is 24.9 Å². The number of pyridine rings is 2. The zero-order chi connectivity index (χ0) is 17.9. The molecule has 0 saturated heterocycles. The molecule has 0 atom stereocenters. The van der Waals surface area contributed by atoms with E-state index in [4.69, 9.17) is 11.6 Å². The maximum atomic E-state index is 13.2. The molecule has 0 saturated carbocycles. The first-order valence-electron chi connectivity index (χ1n) is 8.18. The molecule has 4 aromatic rings. The zero-order valence-electron chi connectivity index (χ0n) is 13.8. The van der Waals surface area contributed by atoms with Crippen molar-refractivity contribution in [2.45, 2.75) is 19.3 Å². The van der Waals surface area contributed by atoms with Crippen LogP contribution in [0.5, 0.6) is 0 Å². The molecule has 0 aliphatic carbocycles. The van der Waals surface area contributed by atoms with Crippen molar-refractivity contribution in [3.05, 3.63) is 82.7 Å². The Morgan fingerprint density at radius 3 is 2.58 bits per heavy atom. The molecule has 0 bridgehead atoms. The van der Waals surface area contributed by atoms with Crippen molar-refractivity contribution < 1.29 is 4.39 Å². The summed E-state index contributed by atoms with van der Waals surface area (Å²) in [7, 11) is 0. The Morgan fingerprint density at radius 2 is 1.77 bits per heavy atom. The Bertz CT molecular complexity index is 1050. The highest BCUT2D eigenvalue weighted by molar-refractivity contribution is 6.31. The lowest BCUT2D eigenvalue weighted by Crippen LogP contribution is -2.00. The van der Waals surface area contributed by atoms with Crippen LogP contribution in [0.3, 0.4) is 0 Å². The number of aryl methyl sites for hydroxylation is 2. The average molecular weight is 368 g/mol. The summed E-state index contributed by atoms with van der Waals surface area (Å²) < 4.78 is 13.2. The maximum absolute atomic E-state index is 13.2. The molecule has 0 spiro atoms. The third kappa shape index (κ3) is 3.70. The second-order valence-corrected chi connectivity index (χ2v) is 6.50. The second kappa shape index (κ2) is 7.17. The van der Waals surface area contributed by atoms with E-state index in [0.29, 0.717) is 24.3 Å². The van der Waals surface area contributed by atoms with E-state index in [1.165, 1.54) is 12.3 Å². The fraction of sp³-hybridized carbons (Fsp3) is 0.158. The van der Waals surface area contributed by atoms with Crippen LogP contribution in [-0.2, 0) is 19.3 Å². The molecule has 0 unspecified atom stereocenters. The van der Waals surface area contributed by atoms with Crippen LogP contribution in [0.1, 0.15) is 22.5 Å². The van der Waals surface area contributed by atoms with Crippen molar-refractivity contribution in [1.29, 1.82) is 0 Å².